The number of piperazine rings is 1. The van der Waals surface area contributed by atoms with Crippen molar-refractivity contribution < 1.29 is 4.39 Å². The molecule has 1 aliphatic rings. The van der Waals surface area contributed by atoms with Gasteiger partial charge in [0, 0.05) is 61.9 Å². The van der Waals surface area contributed by atoms with E-state index in [9.17, 15) is 4.39 Å². The molecule has 3 heterocycles. The number of halogens is 1. The number of rotatable bonds is 4. The Labute approximate surface area is 151 Å². The molecule has 2 aromatic heterocycles. The van der Waals surface area contributed by atoms with E-state index in [1.54, 1.807) is 18.5 Å². The molecule has 4 rings (SSSR count). The summed E-state index contributed by atoms with van der Waals surface area (Å²) in [5.41, 5.74) is 2.67. The molecule has 6 nitrogen and oxygen atoms in total. The number of nitrogens with one attached hydrogen (secondary N) is 1. The van der Waals surface area contributed by atoms with E-state index >= 15 is 0 Å². The van der Waals surface area contributed by atoms with Crippen LogP contribution < -0.4 is 4.90 Å². The Balaban J connectivity index is 1.52. The van der Waals surface area contributed by atoms with Crippen molar-refractivity contribution in [3.63, 3.8) is 0 Å². The largest absolute Gasteiger partial charge is 0.352 e. The summed E-state index contributed by atoms with van der Waals surface area (Å²) in [6.45, 7) is 5.74. The number of hydrogen-bond acceptors (Lipinski definition) is 5. The van der Waals surface area contributed by atoms with Crippen LogP contribution in [0.25, 0.3) is 11.3 Å². The third kappa shape index (κ3) is 3.30. The molecule has 0 saturated carbocycles. The van der Waals surface area contributed by atoms with Gasteiger partial charge < -0.3 is 4.90 Å². The number of H-pyrrole nitrogens is 1. The molecule has 26 heavy (non-hydrogen) atoms. The first-order chi connectivity index (χ1) is 12.7. The van der Waals surface area contributed by atoms with Crippen LogP contribution in [0.2, 0.25) is 0 Å². The van der Waals surface area contributed by atoms with Crippen LogP contribution >= 0.6 is 0 Å². The molecule has 1 atom stereocenters. The molecule has 0 radical (unpaired) electrons. The van der Waals surface area contributed by atoms with Gasteiger partial charge in [-0.05, 0) is 19.1 Å². The van der Waals surface area contributed by atoms with Crippen molar-refractivity contribution in [1.29, 1.82) is 0 Å². The molecule has 0 aliphatic carbocycles. The summed E-state index contributed by atoms with van der Waals surface area (Å²) >= 11 is 0. The lowest BCUT2D eigenvalue weighted by Gasteiger charge is -2.38. The van der Waals surface area contributed by atoms with E-state index in [1.807, 2.05) is 18.5 Å². The molecule has 1 N–H and O–H groups in total. The number of nitrogens with zero attached hydrogens (tertiary/aromatic N) is 5. The zero-order valence-corrected chi connectivity index (χ0v) is 14.6. The first-order valence-corrected chi connectivity index (χ1v) is 8.77. The van der Waals surface area contributed by atoms with Crippen molar-refractivity contribution >= 4 is 5.82 Å². The molecule has 3 aromatic rings. The monoisotopic (exact) mass is 352 g/mol. The molecule has 7 heteroatoms. The van der Waals surface area contributed by atoms with Gasteiger partial charge >= 0.3 is 0 Å². The van der Waals surface area contributed by atoms with Crippen molar-refractivity contribution in [3.05, 3.63) is 60.4 Å². The summed E-state index contributed by atoms with van der Waals surface area (Å²) in [5, 5.41) is 6.92. The van der Waals surface area contributed by atoms with Gasteiger partial charge in [-0.3, -0.25) is 15.0 Å². The Morgan fingerprint density at radius 1 is 1.12 bits per heavy atom. The second-order valence-corrected chi connectivity index (χ2v) is 6.47. The van der Waals surface area contributed by atoms with Gasteiger partial charge in [-0.2, -0.15) is 5.10 Å². The van der Waals surface area contributed by atoms with Crippen molar-refractivity contribution in [2.24, 2.45) is 0 Å². The minimum atomic E-state index is -0.266. The van der Waals surface area contributed by atoms with Gasteiger partial charge in [0.15, 0.2) is 5.82 Å². The number of anilines is 1. The normalized spacial score (nSPS) is 16.6. The summed E-state index contributed by atoms with van der Waals surface area (Å²) < 4.78 is 13.6. The van der Waals surface area contributed by atoms with Gasteiger partial charge in [0.25, 0.3) is 0 Å². The quantitative estimate of drug-likeness (QED) is 0.782. The first-order valence-electron chi connectivity index (χ1n) is 8.77. The van der Waals surface area contributed by atoms with Crippen molar-refractivity contribution in [2.75, 3.05) is 31.1 Å². The van der Waals surface area contributed by atoms with Gasteiger partial charge in [-0.1, -0.05) is 12.1 Å². The van der Waals surface area contributed by atoms with Crippen LogP contribution in [0.3, 0.4) is 0 Å². The van der Waals surface area contributed by atoms with Gasteiger partial charge in [-0.25, -0.2) is 9.37 Å². The fraction of sp³-hybridized carbons (Fsp3) is 0.316. The van der Waals surface area contributed by atoms with Crippen molar-refractivity contribution in [3.8, 4) is 11.3 Å². The molecule has 1 unspecified atom stereocenters. The highest BCUT2D eigenvalue weighted by atomic mass is 19.1. The van der Waals surface area contributed by atoms with Crippen LogP contribution in [0.5, 0.6) is 0 Å². The number of hydrogen-bond donors (Lipinski definition) is 1. The molecule has 1 saturated heterocycles. The lowest BCUT2D eigenvalue weighted by molar-refractivity contribution is 0.198. The van der Waals surface area contributed by atoms with Crippen molar-refractivity contribution in [1.82, 2.24) is 25.1 Å². The van der Waals surface area contributed by atoms with E-state index in [2.05, 4.69) is 36.9 Å². The maximum atomic E-state index is 13.6. The van der Waals surface area contributed by atoms with E-state index in [-0.39, 0.29) is 5.82 Å². The fourth-order valence-electron chi connectivity index (χ4n) is 3.42. The molecule has 0 spiro atoms. The van der Waals surface area contributed by atoms with E-state index in [1.165, 1.54) is 17.7 Å². The van der Waals surface area contributed by atoms with Gasteiger partial charge in [-0.15, -0.1) is 0 Å². The Morgan fingerprint density at radius 2 is 1.92 bits per heavy atom. The molecule has 1 aliphatic heterocycles. The Hall–Kier alpha value is -2.80. The molecule has 134 valence electrons. The summed E-state index contributed by atoms with van der Waals surface area (Å²) in [6.07, 6.45) is 7.17. The molecule has 1 aromatic carbocycles. The summed E-state index contributed by atoms with van der Waals surface area (Å²) in [5.74, 6) is 0.548. The van der Waals surface area contributed by atoms with Crippen LogP contribution in [0.1, 0.15) is 18.5 Å². The molecular weight excluding hydrogens is 331 g/mol. The lowest BCUT2D eigenvalue weighted by Crippen LogP contribution is -2.47. The molecule has 0 bridgehead atoms. The summed E-state index contributed by atoms with van der Waals surface area (Å²) in [4.78, 5) is 13.7. The summed E-state index contributed by atoms with van der Waals surface area (Å²) in [7, 11) is 0. The number of benzene rings is 1. The maximum absolute atomic E-state index is 13.6. The minimum Gasteiger partial charge on any atom is -0.352 e. The Kier molecular flexibility index (Phi) is 4.62. The fourth-order valence-corrected chi connectivity index (χ4v) is 3.42. The molecule has 1 fully saturated rings. The van der Waals surface area contributed by atoms with Crippen LogP contribution in [-0.2, 0) is 0 Å². The standard InChI is InChI=1S/C19H21FN6/c1-14(16-12-23-24-13-16)25-7-9-26(10-8-25)19-18(21-5-6-22-19)15-3-2-4-17(20)11-15/h2-6,11-14H,7-10H2,1H3,(H,23,24). The minimum absolute atomic E-state index is 0.266. The van der Waals surface area contributed by atoms with Crippen LogP contribution in [-0.4, -0.2) is 51.2 Å². The average molecular weight is 352 g/mol. The van der Waals surface area contributed by atoms with E-state index < -0.39 is 0 Å². The Morgan fingerprint density at radius 3 is 2.65 bits per heavy atom. The van der Waals surface area contributed by atoms with E-state index in [0.717, 1.165) is 43.3 Å². The lowest BCUT2D eigenvalue weighted by atomic mass is 10.1. The molecular formula is C19H21FN6. The second-order valence-electron chi connectivity index (χ2n) is 6.47. The highest BCUT2D eigenvalue weighted by Crippen LogP contribution is 2.29. The van der Waals surface area contributed by atoms with Crippen molar-refractivity contribution in [2.45, 2.75) is 13.0 Å². The van der Waals surface area contributed by atoms with Crippen LogP contribution in [0.4, 0.5) is 10.2 Å². The van der Waals surface area contributed by atoms with Crippen LogP contribution in [0.15, 0.2) is 49.1 Å². The topological polar surface area (TPSA) is 60.9 Å². The third-order valence-corrected chi connectivity index (χ3v) is 4.94. The smallest absolute Gasteiger partial charge is 0.155 e. The zero-order chi connectivity index (χ0) is 17.9. The molecule has 0 amide bonds. The first kappa shape index (κ1) is 16.7. The Bertz CT molecular complexity index is 858. The zero-order valence-electron chi connectivity index (χ0n) is 14.6. The number of aromatic amines is 1. The highest BCUT2D eigenvalue weighted by Gasteiger charge is 2.25. The maximum Gasteiger partial charge on any atom is 0.155 e. The van der Waals surface area contributed by atoms with Gasteiger partial charge in [0.2, 0.25) is 0 Å². The van der Waals surface area contributed by atoms with Crippen LogP contribution in [0, 0.1) is 5.82 Å². The van der Waals surface area contributed by atoms with Gasteiger partial charge in [0.1, 0.15) is 11.5 Å². The van der Waals surface area contributed by atoms with E-state index in [0.29, 0.717) is 6.04 Å². The predicted molar refractivity (Wildman–Crippen MR) is 98.2 cm³/mol. The number of aromatic nitrogens is 4. The third-order valence-electron chi connectivity index (χ3n) is 4.94. The second kappa shape index (κ2) is 7.21. The summed E-state index contributed by atoms with van der Waals surface area (Å²) in [6, 6.07) is 6.84. The van der Waals surface area contributed by atoms with Gasteiger partial charge in [0.05, 0.1) is 6.20 Å². The highest BCUT2D eigenvalue weighted by molar-refractivity contribution is 5.72. The predicted octanol–water partition coefficient (Wildman–Crippen LogP) is 2.89. The van der Waals surface area contributed by atoms with E-state index in [4.69, 9.17) is 0 Å². The SMILES string of the molecule is CC(c1cn[nH]c1)N1CCN(c2nccnc2-c2cccc(F)c2)CC1. The average Bonchev–Trinajstić information content (AvgIpc) is 3.22.